The molecule has 1 heterocycles. The number of nitrogens with zero attached hydrogens (tertiary/aromatic N) is 1. The summed E-state index contributed by atoms with van der Waals surface area (Å²) in [5.41, 5.74) is 1.31. The second-order valence-electron chi connectivity index (χ2n) is 6.08. The zero-order valence-corrected chi connectivity index (χ0v) is 14.2. The first kappa shape index (κ1) is 17.5. The molecule has 1 aromatic rings. The third-order valence-corrected chi connectivity index (χ3v) is 5.66. The average molecular weight is 323 g/mol. The van der Waals surface area contributed by atoms with E-state index in [9.17, 15) is 8.42 Å². The molecule has 0 spiro atoms. The number of nitrogens with one attached hydrogen (secondary N) is 1. The molecule has 7 heteroatoms. The van der Waals surface area contributed by atoms with Crippen LogP contribution in [-0.4, -0.2) is 31.2 Å². The Morgan fingerprint density at radius 3 is 2.45 bits per heavy atom. The molecule has 0 amide bonds. The number of hydrogen-bond acceptors (Lipinski definition) is 4. The Bertz CT molecular complexity index is 532. The van der Waals surface area contributed by atoms with E-state index in [4.69, 9.17) is 16.1 Å². The second kappa shape index (κ2) is 6.45. The third kappa shape index (κ3) is 5.07. The summed E-state index contributed by atoms with van der Waals surface area (Å²) in [4.78, 5) is 0. The van der Waals surface area contributed by atoms with Gasteiger partial charge < -0.3 is 4.52 Å². The molecule has 1 aromatic heterocycles. The maximum atomic E-state index is 12.1. The predicted octanol–water partition coefficient (Wildman–Crippen LogP) is 2.41. The lowest BCUT2D eigenvalue weighted by molar-refractivity contribution is 0.391. The van der Waals surface area contributed by atoms with Gasteiger partial charge in [0.05, 0.1) is 11.4 Å². The summed E-state index contributed by atoms with van der Waals surface area (Å²) in [5, 5.41) is 3.87. The minimum atomic E-state index is -3.36. The van der Waals surface area contributed by atoms with E-state index >= 15 is 0 Å². The molecular formula is C13H23ClN2O3S. The van der Waals surface area contributed by atoms with E-state index in [2.05, 4.69) is 9.88 Å². The van der Waals surface area contributed by atoms with Crippen LogP contribution in [0.5, 0.6) is 0 Å². The number of alkyl halides is 1. The molecule has 0 radical (unpaired) electrons. The van der Waals surface area contributed by atoms with Crippen molar-refractivity contribution in [3.63, 3.8) is 0 Å². The van der Waals surface area contributed by atoms with E-state index in [0.717, 1.165) is 17.0 Å². The van der Waals surface area contributed by atoms with Crippen LogP contribution in [0.4, 0.5) is 0 Å². The zero-order chi connectivity index (χ0) is 15.6. The smallest absolute Gasteiger partial charge is 0.212 e. The molecule has 0 aromatic carbocycles. The fourth-order valence-electron chi connectivity index (χ4n) is 2.04. The maximum Gasteiger partial charge on any atom is 0.212 e. The van der Waals surface area contributed by atoms with Crippen LogP contribution in [-0.2, 0) is 16.4 Å². The molecular weight excluding hydrogens is 300 g/mol. The topological polar surface area (TPSA) is 72.2 Å². The maximum absolute atomic E-state index is 12.1. The van der Waals surface area contributed by atoms with Crippen molar-refractivity contribution in [1.82, 2.24) is 9.88 Å². The molecule has 0 aliphatic rings. The van der Waals surface area contributed by atoms with Gasteiger partial charge in [-0.05, 0) is 32.6 Å². The Balaban J connectivity index is 2.69. The SMILES string of the molecule is Cc1noc(C)c1CC(C)NS(=O)(=O)CC(C)(C)CCl. The number of sulfonamides is 1. The van der Waals surface area contributed by atoms with Crippen LogP contribution in [0.25, 0.3) is 0 Å². The van der Waals surface area contributed by atoms with Gasteiger partial charge in [-0.3, -0.25) is 0 Å². The molecule has 1 unspecified atom stereocenters. The zero-order valence-electron chi connectivity index (χ0n) is 12.7. The normalized spacial score (nSPS) is 14.5. The molecule has 0 aliphatic carbocycles. The molecule has 20 heavy (non-hydrogen) atoms. The van der Waals surface area contributed by atoms with Crippen molar-refractivity contribution in [2.45, 2.75) is 47.1 Å². The van der Waals surface area contributed by atoms with Crippen molar-refractivity contribution in [2.75, 3.05) is 11.6 Å². The second-order valence-corrected chi connectivity index (χ2v) is 8.10. The van der Waals surface area contributed by atoms with Crippen molar-refractivity contribution in [3.05, 3.63) is 17.0 Å². The quantitative estimate of drug-likeness (QED) is 0.782. The van der Waals surface area contributed by atoms with Crippen molar-refractivity contribution in [3.8, 4) is 0 Å². The minimum Gasteiger partial charge on any atom is -0.361 e. The van der Waals surface area contributed by atoms with E-state index in [0.29, 0.717) is 12.3 Å². The van der Waals surface area contributed by atoms with E-state index in [-0.39, 0.29) is 11.8 Å². The van der Waals surface area contributed by atoms with Gasteiger partial charge in [0.2, 0.25) is 10.0 Å². The Kier molecular flexibility index (Phi) is 5.63. The van der Waals surface area contributed by atoms with Crippen molar-refractivity contribution < 1.29 is 12.9 Å². The van der Waals surface area contributed by atoms with Crippen molar-refractivity contribution in [2.24, 2.45) is 5.41 Å². The Morgan fingerprint density at radius 1 is 1.40 bits per heavy atom. The van der Waals surface area contributed by atoms with Crippen LogP contribution < -0.4 is 4.72 Å². The molecule has 0 bridgehead atoms. The molecule has 0 fully saturated rings. The van der Waals surface area contributed by atoms with Gasteiger partial charge in [-0.25, -0.2) is 13.1 Å². The van der Waals surface area contributed by atoms with Gasteiger partial charge in [0, 0.05) is 17.5 Å². The Morgan fingerprint density at radius 2 is 2.00 bits per heavy atom. The molecule has 0 saturated carbocycles. The first-order valence-electron chi connectivity index (χ1n) is 6.54. The minimum absolute atomic E-state index is 0.00937. The molecule has 1 atom stereocenters. The number of rotatable bonds is 7. The Hall–Kier alpha value is -0.590. The standard InChI is InChI=1S/C13H23ClN2O3S/c1-9(6-12-10(2)15-19-11(12)3)16-20(17,18)8-13(4,5)7-14/h9,16H,6-8H2,1-5H3. The highest BCUT2D eigenvalue weighted by atomic mass is 35.5. The number of aryl methyl sites for hydroxylation is 2. The van der Waals surface area contributed by atoms with Gasteiger partial charge in [0.15, 0.2) is 0 Å². The summed E-state index contributed by atoms with van der Waals surface area (Å²) >= 11 is 5.78. The monoisotopic (exact) mass is 322 g/mol. The third-order valence-electron chi connectivity index (χ3n) is 3.01. The first-order chi connectivity index (χ1) is 9.06. The van der Waals surface area contributed by atoms with Crippen LogP contribution in [0, 0.1) is 19.3 Å². The van der Waals surface area contributed by atoms with Gasteiger partial charge in [-0.15, -0.1) is 11.6 Å². The van der Waals surface area contributed by atoms with Crippen LogP contribution in [0.3, 0.4) is 0 Å². The Labute approximate surface area is 126 Å². The lowest BCUT2D eigenvalue weighted by Gasteiger charge is -2.23. The van der Waals surface area contributed by atoms with Crippen LogP contribution in [0.1, 0.15) is 37.8 Å². The first-order valence-corrected chi connectivity index (χ1v) is 8.73. The lowest BCUT2D eigenvalue weighted by atomic mass is 10.0. The van der Waals surface area contributed by atoms with E-state index in [1.54, 1.807) is 0 Å². The highest BCUT2D eigenvalue weighted by molar-refractivity contribution is 7.89. The summed E-state index contributed by atoms with van der Waals surface area (Å²) in [7, 11) is -3.36. The van der Waals surface area contributed by atoms with E-state index in [1.807, 2.05) is 34.6 Å². The van der Waals surface area contributed by atoms with Gasteiger partial charge in [0.1, 0.15) is 5.76 Å². The van der Waals surface area contributed by atoms with Gasteiger partial charge >= 0.3 is 0 Å². The fraction of sp³-hybridized carbons (Fsp3) is 0.769. The van der Waals surface area contributed by atoms with Crippen LogP contribution in [0.2, 0.25) is 0 Å². The molecule has 116 valence electrons. The van der Waals surface area contributed by atoms with Crippen molar-refractivity contribution >= 4 is 21.6 Å². The predicted molar refractivity (Wildman–Crippen MR) is 80.6 cm³/mol. The van der Waals surface area contributed by atoms with E-state index < -0.39 is 15.4 Å². The van der Waals surface area contributed by atoms with E-state index in [1.165, 1.54) is 0 Å². The van der Waals surface area contributed by atoms with Gasteiger partial charge in [-0.1, -0.05) is 19.0 Å². The number of halogens is 1. The summed E-state index contributed by atoms with van der Waals surface area (Å²) in [5.74, 6) is 1.04. The van der Waals surface area contributed by atoms with Gasteiger partial charge in [0.25, 0.3) is 0 Å². The molecule has 1 N–H and O–H groups in total. The number of hydrogen-bond donors (Lipinski definition) is 1. The molecule has 0 aliphatic heterocycles. The summed E-state index contributed by atoms with van der Waals surface area (Å²) in [6, 6.07) is -0.220. The summed E-state index contributed by atoms with van der Waals surface area (Å²) in [6.07, 6.45) is 0.557. The summed E-state index contributed by atoms with van der Waals surface area (Å²) < 4.78 is 32.0. The summed E-state index contributed by atoms with van der Waals surface area (Å²) in [6.45, 7) is 9.17. The average Bonchev–Trinajstić information content (AvgIpc) is 2.58. The molecule has 5 nitrogen and oxygen atoms in total. The molecule has 1 rings (SSSR count). The van der Waals surface area contributed by atoms with Crippen LogP contribution >= 0.6 is 11.6 Å². The number of aromatic nitrogens is 1. The molecule has 0 saturated heterocycles. The van der Waals surface area contributed by atoms with Crippen LogP contribution in [0.15, 0.2) is 4.52 Å². The lowest BCUT2D eigenvalue weighted by Crippen LogP contribution is -2.40. The largest absolute Gasteiger partial charge is 0.361 e. The van der Waals surface area contributed by atoms with Gasteiger partial charge in [-0.2, -0.15) is 0 Å². The fourth-order valence-corrected chi connectivity index (χ4v) is 4.16. The highest BCUT2D eigenvalue weighted by Crippen LogP contribution is 2.20. The highest BCUT2D eigenvalue weighted by Gasteiger charge is 2.27. The van der Waals surface area contributed by atoms with Crippen molar-refractivity contribution in [1.29, 1.82) is 0 Å².